The Morgan fingerprint density at radius 3 is 2.64 bits per heavy atom. The fourth-order valence-electron chi connectivity index (χ4n) is 2.53. The van der Waals surface area contributed by atoms with E-state index in [1.165, 1.54) is 20.0 Å². The highest BCUT2D eigenvalue weighted by Crippen LogP contribution is 2.40. The van der Waals surface area contributed by atoms with Crippen molar-refractivity contribution in [3.05, 3.63) is 0 Å². The van der Waals surface area contributed by atoms with E-state index in [-0.39, 0.29) is 11.9 Å². The van der Waals surface area contributed by atoms with Crippen molar-refractivity contribution in [3.63, 3.8) is 0 Å². The van der Waals surface area contributed by atoms with E-state index < -0.39 is 0 Å². The highest BCUT2D eigenvalue weighted by Gasteiger charge is 2.39. The fraction of sp³-hybridized carbons (Fsp3) is 0.909. The summed E-state index contributed by atoms with van der Waals surface area (Å²) < 4.78 is 4.82. The fourth-order valence-corrected chi connectivity index (χ4v) is 2.53. The van der Waals surface area contributed by atoms with Gasteiger partial charge in [0.05, 0.1) is 13.0 Å². The maximum absolute atomic E-state index is 11.4. The van der Waals surface area contributed by atoms with Gasteiger partial charge < -0.3 is 9.64 Å². The summed E-state index contributed by atoms with van der Waals surface area (Å²) in [5, 5.41) is 0. The van der Waals surface area contributed by atoms with Crippen molar-refractivity contribution in [2.75, 3.05) is 20.7 Å². The zero-order valence-corrected chi connectivity index (χ0v) is 9.03. The van der Waals surface area contributed by atoms with Gasteiger partial charge in [0, 0.05) is 6.04 Å². The molecule has 2 fully saturated rings. The summed E-state index contributed by atoms with van der Waals surface area (Å²) in [6.45, 7) is 1.04. The second-order valence-corrected chi connectivity index (χ2v) is 4.63. The van der Waals surface area contributed by atoms with Crippen molar-refractivity contribution in [2.24, 2.45) is 11.8 Å². The summed E-state index contributed by atoms with van der Waals surface area (Å²) >= 11 is 0. The van der Waals surface area contributed by atoms with E-state index in [1.54, 1.807) is 0 Å². The van der Waals surface area contributed by atoms with E-state index >= 15 is 0 Å². The molecule has 0 aromatic rings. The smallest absolute Gasteiger partial charge is 0.308 e. The third-order valence-corrected chi connectivity index (χ3v) is 3.62. The molecule has 0 aromatic carbocycles. The quantitative estimate of drug-likeness (QED) is 0.625. The lowest BCUT2D eigenvalue weighted by atomic mass is 9.89. The van der Waals surface area contributed by atoms with Gasteiger partial charge in [-0.15, -0.1) is 0 Å². The molecule has 2 unspecified atom stereocenters. The molecule has 1 aliphatic carbocycles. The van der Waals surface area contributed by atoms with Crippen LogP contribution in [0.5, 0.6) is 0 Å². The minimum absolute atomic E-state index is 0.0104. The molecular weight excluding hydrogens is 178 g/mol. The molecule has 0 amide bonds. The van der Waals surface area contributed by atoms with Crippen molar-refractivity contribution in [2.45, 2.75) is 31.7 Å². The minimum Gasteiger partial charge on any atom is -0.469 e. The molecule has 1 saturated heterocycles. The number of esters is 1. The molecule has 0 spiro atoms. The molecule has 14 heavy (non-hydrogen) atoms. The zero-order chi connectivity index (χ0) is 10.1. The van der Waals surface area contributed by atoms with E-state index in [0.29, 0.717) is 6.04 Å². The van der Waals surface area contributed by atoms with E-state index in [2.05, 4.69) is 11.9 Å². The Hall–Kier alpha value is -0.570. The highest BCUT2D eigenvalue weighted by atomic mass is 16.5. The first kappa shape index (κ1) is 9.97. The maximum Gasteiger partial charge on any atom is 0.308 e. The number of hydrogen-bond donors (Lipinski definition) is 0. The SMILES string of the molecule is COC(=O)C1CCN(C)C(C2CC2)C1. The van der Waals surface area contributed by atoms with Crippen LogP contribution in [-0.4, -0.2) is 37.6 Å². The second kappa shape index (κ2) is 3.89. The molecule has 0 N–H and O–H groups in total. The Kier molecular flexibility index (Phi) is 2.77. The molecule has 80 valence electrons. The first-order chi connectivity index (χ1) is 6.72. The van der Waals surface area contributed by atoms with E-state index in [9.17, 15) is 4.79 Å². The molecule has 3 nitrogen and oxygen atoms in total. The number of hydrogen-bond acceptors (Lipinski definition) is 3. The number of piperidine rings is 1. The zero-order valence-electron chi connectivity index (χ0n) is 9.03. The lowest BCUT2D eigenvalue weighted by Gasteiger charge is -2.36. The van der Waals surface area contributed by atoms with Crippen molar-refractivity contribution in [1.29, 1.82) is 0 Å². The van der Waals surface area contributed by atoms with E-state index in [1.807, 2.05) is 0 Å². The van der Waals surface area contributed by atoms with Gasteiger partial charge in [0.15, 0.2) is 0 Å². The molecular formula is C11H19NO2. The van der Waals surface area contributed by atoms with E-state index in [4.69, 9.17) is 4.74 Å². The lowest BCUT2D eigenvalue weighted by Crippen LogP contribution is -2.43. The van der Waals surface area contributed by atoms with Crippen LogP contribution in [-0.2, 0) is 9.53 Å². The van der Waals surface area contributed by atoms with Crippen LogP contribution in [0.25, 0.3) is 0 Å². The highest BCUT2D eigenvalue weighted by molar-refractivity contribution is 5.72. The van der Waals surface area contributed by atoms with Crippen LogP contribution in [0.1, 0.15) is 25.7 Å². The van der Waals surface area contributed by atoms with Crippen LogP contribution in [0.3, 0.4) is 0 Å². The summed E-state index contributed by atoms with van der Waals surface area (Å²) in [5.41, 5.74) is 0. The molecule has 0 aromatic heterocycles. The summed E-state index contributed by atoms with van der Waals surface area (Å²) in [6, 6.07) is 0.632. The van der Waals surface area contributed by atoms with Crippen LogP contribution in [0.2, 0.25) is 0 Å². The van der Waals surface area contributed by atoms with Gasteiger partial charge in [0.2, 0.25) is 0 Å². The average molecular weight is 197 g/mol. The largest absolute Gasteiger partial charge is 0.469 e. The number of carbonyl (C=O) groups is 1. The van der Waals surface area contributed by atoms with Crippen molar-refractivity contribution < 1.29 is 9.53 Å². The molecule has 0 radical (unpaired) electrons. The molecule has 1 aliphatic heterocycles. The summed E-state index contributed by atoms with van der Waals surface area (Å²) in [4.78, 5) is 13.8. The van der Waals surface area contributed by atoms with Crippen LogP contribution >= 0.6 is 0 Å². The van der Waals surface area contributed by atoms with Crippen molar-refractivity contribution in [1.82, 2.24) is 4.90 Å². The van der Waals surface area contributed by atoms with Gasteiger partial charge in [-0.25, -0.2) is 0 Å². The van der Waals surface area contributed by atoms with Crippen molar-refractivity contribution in [3.8, 4) is 0 Å². The molecule has 2 atom stereocenters. The number of nitrogens with zero attached hydrogens (tertiary/aromatic N) is 1. The first-order valence-electron chi connectivity index (χ1n) is 5.50. The first-order valence-corrected chi connectivity index (χ1v) is 5.50. The number of ether oxygens (including phenoxy) is 1. The van der Waals surface area contributed by atoms with Gasteiger partial charge in [0.1, 0.15) is 0 Å². The Morgan fingerprint density at radius 2 is 2.07 bits per heavy atom. The third kappa shape index (κ3) is 1.92. The molecule has 1 saturated carbocycles. The molecule has 0 bridgehead atoms. The van der Waals surface area contributed by atoms with Gasteiger partial charge in [-0.3, -0.25) is 4.79 Å². The molecule has 2 aliphatic rings. The van der Waals surface area contributed by atoms with E-state index in [0.717, 1.165) is 25.3 Å². The third-order valence-electron chi connectivity index (χ3n) is 3.62. The molecule has 3 heteroatoms. The molecule has 1 heterocycles. The standard InChI is InChI=1S/C11H19NO2/c1-12-6-5-9(11(13)14-2)7-10(12)8-3-4-8/h8-10H,3-7H2,1-2H3. The van der Waals surface area contributed by atoms with Gasteiger partial charge in [-0.2, -0.15) is 0 Å². The predicted octanol–water partition coefficient (Wildman–Crippen LogP) is 1.28. The Bertz CT molecular complexity index is 225. The van der Waals surface area contributed by atoms with Gasteiger partial charge >= 0.3 is 5.97 Å². The van der Waals surface area contributed by atoms with Gasteiger partial charge in [-0.1, -0.05) is 0 Å². The van der Waals surface area contributed by atoms with Crippen molar-refractivity contribution >= 4 is 5.97 Å². The predicted molar refractivity (Wildman–Crippen MR) is 53.9 cm³/mol. The Morgan fingerprint density at radius 1 is 1.36 bits per heavy atom. The summed E-state index contributed by atoms with van der Waals surface area (Å²) in [7, 11) is 3.67. The average Bonchev–Trinajstić information content (AvgIpc) is 3.01. The topological polar surface area (TPSA) is 29.5 Å². The maximum atomic E-state index is 11.4. The Labute approximate surface area is 85.4 Å². The summed E-state index contributed by atoms with van der Waals surface area (Å²) in [5.74, 6) is 0.998. The van der Waals surface area contributed by atoms with Crippen LogP contribution in [0, 0.1) is 11.8 Å². The number of carbonyl (C=O) groups excluding carboxylic acids is 1. The van der Waals surface area contributed by atoms with Crippen LogP contribution in [0.4, 0.5) is 0 Å². The molecule has 2 rings (SSSR count). The monoisotopic (exact) mass is 197 g/mol. The lowest BCUT2D eigenvalue weighted by molar-refractivity contribution is -0.147. The minimum atomic E-state index is -0.0104. The number of methoxy groups -OCH3 is 1. The number of likely N-dealkylation sites (tertiary alicyclic amines) is 1. The van der Waals surface area contributed by atoms with Gasteiger partial charge in [-0.05, 0) is 45.2 Å². The van der Waals surface area contributed by atoms with Crippen LogP contribution in [0.15, 0.2) is 0 Å². The Balaban J connectivity index is 1.94. The summed E-state index contributed by atoms with van der Waals surface area (Å²) in [6.07, 6.45) is 4.67. The van der Waals surface area contributed by atoms with Gasteiger partial charge in [0.25, 0.3) is 0 Å². The number of rotatable bonds is 2. The normalized spacial score (nSPS) is 34.1. The van der Waals surface area contributed by atoms with Crippen LogP contribution < -0.4 is 0 Å². The second-order valence-electron chi connectivity index (χ2n) is 4.63.